The van der Waals surface area contributed by atoms with E-state index < -0.39 is 5.97 Å². The van der Waals surface area contributed by atoms with Gasteiger partial charge in [-0.2, -0.15) is 0 Å². The standard InChI is InChI=1S/C19H21NO2/c1-12-15(8-14-6-4-3-5-7-14)16(9-19(21)22)13(2)18-11-20-10-17(12)18/h3-7,20H,8-11H2,1-2H3,(H,21,22). The maximum Gasteiger partial charge on any atom is 0.307 e. The van der Waals surface area contributed by atoms with Gasteiger partial charge in [0.2, 0.25) is 0 Å². The third kappa shape index (κ3) is 2.64. The summed E-state index contributed by atoms with van der Waals surface area (Å²) in [6, 6.07) is 10.3. The van der Waals surface area contributed by atoms with Crippen LogP contribution in [0.5, 0.6) is 0 Å². The molecule has 0 atom stereocenters. The molecule has 1 aliphatic rings. The van der Waals surface area contributed by atoms with Gasteiger partial charge in [-0.15, -0.1) is 0 Å². The monoisotopic (exact) mass is 295 g/mol. The average molecular weight is 295 g/mol. The quantitative estimate of drug-likeness (QED) is 0.911. The number of nitrogens with one attached hydrogen (secondary N) is 1. The Balaban J connectivity index is 2.14. The summed E-state index contributed by atoms with van der Waals surface area (Å²) in [6.45, 7) is 5.93. The molecule has 0 saturated heterocycles. The van der Waals surface area contributed by atoms with Crippen molar-refractivity contribution in [2.45, 2.75) is 39.8 Å². The van der Waals surface area contributed by atoms with Gasteiger partial charge in [0.15, 0.2) is 0 Å². The summed E-state index contributed by atoms with van der Waals surface area (Å²) in [4.78, 5) is 11.3. The number of carboxylic acids is 1. The van der Waals surface area contributed by atoms with E-state index in [1.54, 1.807) is 0 Å². The Hall–Kier alpha value is -2.13. The Labute approximate surface area is 131 Å². The zero-order valence-corrected chi connectivity index (χ0v) is 13.1. The third-order valence-corrected chi connectivity index (χ3v) is 4.69. The predicted octanol–water partition coefficient (Wildman–Crippen LogP) is 3.12. The van der Waals surface area contributed by atoms with E-state index in [2.05, 4.69) is 31.3 Å². The number of rotatable bonds is 4. The highest BCUT2D eigenvalue weighted by atomic mass is 16.4. The lowest BCUT2D eigenvalue weighted by molar-refractivity contribution is -0.136. The second-order valence-corrected chi connectivity index (χ2v) is 6.00. The lowest BCUT2D eigenvalue weighted by Gasteiger charge is -2.19. The highest BCUT2D eigenvalue weighted by Gasteiger charge is 2.23. The zero-order valence-electron chi connectivity index (χ0n) is 13.1. The Bertz CT molecular complexity index is 720. The van der Waals surface area contributed by atoms with Gasteiger partial charge in [-0.25, -0.2) is 0 Å². The molecule has 0 radical (unpaired) electrons. The Kier molecular flexibility index (Phi) is 3.99. The van der Waals surface area contributed by atoms with Crippen molar-refractivity contribution in [3.05, 3.63) is 69.3 Å². The lowest BCUT2D eigenvalue weighted by Crippen LogP contribution is -2.11. The fraction of sp³-hybridized carbons (Fsp3) is 0.316. The van der Waals surface area contributed by atoms with Crippen molar-refractivity contribution in [3.8, 4) is 0 Å². The number of carbonyl (C=O) groups is 1. The van der Waals surface area contributed by atoms with Crippen LogP contribution in [-0.4, -0.2) is 11.1 Å². The van der Waals surface area contributed by atoms with E-state index in [0.717, 1.165) is 30.6 Å². The van der Waals surface area contributed by atoms with E-state index in [4.69, 9.17) is 0 Å². The highest BCUT2D eigenvalue weighted by Crippen LogP contribution is 2.32. The van der Waals surface area contributed by atoms with Crippen LogP contribution in [0, 0.1) is 13.8 Å². The van der Waals surface area contributed by atoms with Crippen LogP contribution in [0.3, 0.4) is 0 Å². The molecular weight excluding hydrogens is 274 g/mol. The van der Waals surface area contributed by atoms with Gasteiger partial charge >= 0.3 is 5.97 Å². The predicted molar refractivity (Wildman–Crippen MR) is 87.0 cm³/mol. The molecule has 3 rings (SSSR count). The van der Waals surface area contributed by atoms with Gasteiger partial charge in [0.25, 0.3) is 0 Å². The summed E-state index contributed by atoms with van der Waals surface area (Å²) in [7, 11) is 0. The van der Waals surface area contributed by atoms with Crippen molar-refractivity contribution in [2.24, 2.45) is 0 Å². The van der Waals surface area contributed by atoms with E-state index in [1.807, 2.05) is 18.2 Å². The first-order chi connectivity index (χ1) is 10.6. The fourth-order valence-electron chi connectivity index (χ4n) is 3.49. The second kappa shape index (κ2) is 5.93. The van der Waals surface area contributed by atoms with Crippen molar-refractivity contribution in [1.82, 2.24) is 5.32 Å². The maximum absolute atomic E-state index is 11.3. The van der Waals surface area contributed by atoms with Crippen molar-refractivity contribution in [2.75, 3.05) is 0 Å². The smallest absolute Gasteiger partial charge is 0.307 e. The van der Waals surface area contributed by atoms with E-state index in [-0.39, 0.29) is 6.42 Å². The number of fused-ring (bicyclic) bond motifs is 1. The highest BCUT2D eigenvalue weighted by molar-refractivity contribution is 5.73. The minimum Gasteiger partial charge on any atom is -0.481 e. The van der Waals surface area contributed by atoms with Crippen LogP contribution in [0.25, 0.3) is 0 Å². The van der Waals surface area contributed by atoms with Gasteiger partial charge in [-0.05, 0) is 59.2 Å². The van der Waals surface area contributed by atoms with E-state index in [1.165, 1.54) is 27.8 Å². The van der Waals surface area contributed by atoms with Crippen LogP contribution in [0.2, 0.25) is 0 Å². The first-order valence-corrected chi connectivity index (χ1v) is 7.67. The van der Waals surface area contributed by atoms with Crippen molar-refractivity contribution in [3.63, 3.8) is 0 Å². The Morgan fingerprint density at radius 1 is 1.05 bits per heavy atom. The van der Waals surface area contributed by atoms with E-state index in [9.17, 15) is 9.90 Å². The van der Waals surface area contributed by atoms with Crippen molar-refractivity contribution >= 4 is 5.97 Å². The van der Waals surface area contributed by atoms with Crippen LogP contribution >= 0.6 is 0 Å². The number of benzene rings is 2. The number of hydrogen-bond acceptors (Lipinski definition) is 2. The molecule has 0 spiro atoms. The molecule has 0 bridgehead atoms. The third-order valence-electron chi connectivity index (χ3n) is 4.69. The molecule has 22 heavy (non-hydrogen) atoms. The molecule has 2 aromatic carbocycles. The minimum atomic E-state index is -0.761. The van der Waals surface area contributed by atoms with Gasteiger partial charge < -0.3 is 10.4 Å². The summed E-state index contributed by atoms with van der Waals surface area (Å²) in [5.74, 6) is -0.761. The first-order valence-electron chi connectivity index (χ1n) is 7.67. The summed E-state index contributed by atoms with van der Waals surface area (Å²) >= 11 is 0. The van der Waals surface area contributed by atoms with Crippen LogP contribution in [0.1, 0.15) is 38.9 Å². The molecule has 1 heterocycles. The van der Waals surface area contributed by atoms with Gasteiger partial charge in [0.1, 0.15) is 0 Å². The molecule has 3 nitrogen and oxygen atoms in total. The SMILES string of the molecule is Cc1c2c(c(C)c(Cc3ccccc3)c1CC(=O)O)CNC2. The zero-order chi connectivity index (χ0) is 15.7. The largest absolute Gasteiger partial charge is 0.481 e. The maximum atomic E-state index is 11.3. The summed E-state index contributed by atoms with van der Waals surface area (Å²) in [5.41, 5.74) is 8.47. The number of aliphatic carboxylic acids is 1. The summed E-state index contributed by atoms with van der Waals surface area (Å²) in [6.07, 6.45) is 0.894. The minimum absolute atomic E-state index is 0.0993. The van der Waals surface area contributed by atoms with E-state index in [0.29, 0.717) is 0 Å². The molecule has 2 N–H and O–H groups in total. The van der Waals surface area contributed by atoms with Gasteiger partial charge in [0.05, 0.1) is 6.42 Å². The molecule has 114 valence electrons. The molecule has 0 aromatic heterocycles. The topological polar surface area (TPSA) is 49.3 Å². The van der Waals surface area contributed by atoms with Crippen LogP contribution in [-0.2, 0) is 30.7 Å². The molecule has 0 amide bonds. The molecule has 1 aliphatic heterocycles. The fourth-order valence-corrected chi connectivity index (χ4v) is 3.49. The Morgan fingerprint density at radius 3 is 2.23 bits per heavy atom. The first kappa shape index (κ1) is 14.8. The van der Waals surface area contributed by atoms with E-state index >= 15 is 0 Å². The van der Waals surface area contributed by atoms with Crippen molar-refractivity contribution in [1.29, 1.82) is 0 Å². The molecule has 2 aromatic rings. The molecule has 0 saturated carbocycles. The average Bonchev–Trinajstić information content (AvgIpc) is 2.99. The molecular formula is C19H21NO2. The summed E-state index contributed by atoms with van der Waals surface area (Å²) < 4.78 is 0. The number of carboxylic acid groups (broad SMARTS) is 1. The molecule has 0 aliphatic carbocycles. The lowest BCUT2D eigenvalue weighted by atomic mass is 9.85. The summed E-state index contributed by atoms with van der Waals surface area (Å²) in [5, 5.41) is 12.7. The normalized spacial score (nSPS) is 13.2. The van der Waals surface area contributed by atoms with Gasteiger partial charge in [-0.3, -0.25) is 4.79 Å². The molecule has 0 unspecified atom stereocenters. The van der Waals surface area contributed by atoms with Crippen molar-refractivity contribution < 1.29 is 9.90 Å². The molecule has 0 fully saturated rings. The van der Waals surface area contributed by atoms with Crippen LogP contribution in [0.15, 0.2) is 30.3 Å². The van der Waals surface area contributed by atoms with Crippen LogP contribution in [0.4, 0.5) is 0 Å². The van der Waals surface area contributed by atoms with Gasteiger partial charge in [-0.1, -0.05) is 30.3 Å². The number of hydrogen-bond donors (Lipinski definition) is 2. The van der Waals surface area contributed by atoms with Gasteiger partial charge in [0, 0.05) is 13.1 Å². The Morgan fingerprint density at radius 2 is 1.64 bits per heavy atom. The van der Waals surface area contributed by atoms with Crippen LogP contribution < -0.4 is 5.32 Å². The second-order valence-electron chi connectivity index (χ2n) is 6.00. The molecule has 3 heteroatoms.